The van der Waals surface area contributed by atoms with Crippen molar-refractivity contribution in [2.75, 3.05) is 20.3 Å². The van der Waals surface area contributed by atoms with Gasteiger partial charge in [0.25, 0.3) is 0 Å². The van der Waals surface area contributed by atoms with Crippen LogP contribution < -0.4 is 5.32 Å². The molecular weight excluding hydrogens is 466 g/mol. The summed E-state index contributed by atoms with van der Waals surface area (Å²) < 4.78 is 65.9. The van der Waals surface area contributed by atoms with Crippen LogP contribution in [0.2, 0.25) is 5.02 Å². The minimum atomic E-state index is -4.82. The number of halogens is 5. The lowest BCUT2D eigenvalue weighted by Crippen LogP contribution is -2.41. The molecule has 0 spiro atoms. The van der Waals surface area contributed by atoms with Crippen molar-refractivity contribution >= 4 is 23.4 Å². The maximum atomic E-state index is 15.3. The smallest absolute Gasteiger partial charge is 0.416 e. The van der Waals surface area contributed by atoms with Gasteiger partial charge in [0.15, 0.2) is 5.78 Å². The van der Waals surface area contributed by atoms with E-state index in [4.69, 9.17) is 21.1 Å². The lowest BCUT2D eigenvalue weighted by atomic mass is 9.67. The Hall–Kier alpha value is -2.39. The fourth-order valence-electron chi connectivity index (χ4n) is 4.14. The lowest BCUT2D eigenvalue weighted by Gasteiger charge is -2.39. The number of ether oxygens (including phenoxy) is 2. The van der Waals surface area contributed by atoms with Gasteiger partial charge in [-0.15, -0.1) is 0 Å². The Bertz CT molecular complexity index is 1060. The molecule has 3 rings (SSSR count). The molecule has 1 heterocycles. The van der Waals surface area contributed by atoms with Crippen LogP contribution in [0.4, 0.5) is 17.6 Å². The zero-order valence-corrected chi connectivity index (χ0v) is 19.3. The Morgan fingerprint density at radius 2 is 1.94 bits per heavy atom. The van der Waals surface area contributed by atoms with Crippen LogP contribution in [-0.4, -0.2) is 32.1 Å². The summed E-state index contributed by atoms with van der Waals surface area (Å²) in [6.45, 7) is 4.89. The summed E-state index contributed by atoms with van der Waals surface area (Å²) in [6, 6.07) is 1.09. The van der Waals surface area contributed by atoms with E-state index in [0.717, 1.165) is 0 Å². The van der Waals surface area contributed by atoms with Gasteiger partial charge in [-0.25, -0.2) is 9.18 Å². The molecule has 1 aromatic carbocycles. The van der Waals surface area contributed by atoms with Gasteiger partial charge in [0, 0.05) is 35.1 Å². The third-order valence-corrected chi connectivity index (χ3v) is 6.21. The maximum Gasteiger partial charge on any atom is 0.416 e. The number of dihydropyridines is 1. The molecule has 0 fully saturated rings. The highest BCUT2D eigenvalue weighted by molar-refractivity contribution is 6.31. The molecule has 180 valence electrons. The monoisotopic (exact) mass is 489 g/mol. The highest BCUT2D eigenvalue weighted by atomic mass is 35.5. The van der Waals surface area contributed by atoms with E-state index in [1.165, 1.54) is 14.0 Å². The van der Waals surface area contributed by atoms with Crippen LogP contribution >= 0.6 is 11.6 Å². The minimum Gasteiger partial charge on any atom is -0.460 e. The molecule has 0 bridgehead atoms. The first-order chi connectivity index (χ1) is 15.3. The third-order valence-electron chi connectivity index (χ3n) is 5.94. The molecule has 2 aliphatic rings. The van der Waals surface area contributed by atoms with E-state index in [9.17, 15) is 22.8 Å². The van der Waals surface area contributed by atoms with Crippen LogP contribution in [0, 0.1) is 11.2 Å². The molecule has 1 aliphatic heterocycles. The van der Waals surface area contributed by atoms with Crippen LogP contribution in [0.1, 0.15) is 50.7 Å². The van der Waals surface area contributed by atoms with Crippen LogP contribution in [0.5, 0.6) is 0 Å². The quantitative estimate of drug-likeness (QED) is 0.346. The van der Waals surface area contributed by atoms with Gasteiger partial charge >= 0.3 is 12.1 Å². The molecular formula is C23H24ClF4NO4. The molecule has 0 radical (unpaired) electrons. The molecule has 33 heavy (non-hydrogen) atoms. The number of nitrogens with one attached hydrogen (secondary N) is 1. The number of Topliss-reactive ketones (excluding diaryl/α,β-unsaturated/α-hetero) is 1. The first-order valence-electron chi connectivity index (χ1n) is 10.3. The molecule has 1 N–H and O–H groups in total. The summed E-state index contributed by atoms with van der Waals surface area (Å²) in [6.07, 6.45) is -3.93. The Morgan fingerprint density at radius 1 is 1.27 bits per heavy atom. The van der Waals surface area contributed by atoms with Crippen molar-refractivity contribution in [1.29, 1.82) is 0 Å². The average Bonchev–Trinajstić information content (AvgIpc) is 2.71. The van der Waals surface area contributed by atoms with Crippen molar-refractivity contribution in [3.8, 4) is 0 Å². The summed E-state index contributed by atoms with van der Waals surface area (Å²) in [7, 11) is 1.41. The van der Waals surface area contributed by atoms with E-state index in [1.807, 2.05) is 0 Å². The number of esters is 1. The number of allylic oxidation sites excluding steroid dienone is 3. The largest absolute Gasteiger partial charge is 0.460 e. The van der Waals surface area contributed by atoms with Crippen LogP contribution in [0.15, 0.2) is 34.7 Å². The molecule has 1 aliphatic carbocycles. The topological polar surface area (TPSA) is 64.6 Å². The lowest BCUT2D eigenvalue weighted by molar-refractivity contribution is -0.140. The molecule has 1 aromatic rings. The predicted molar refractivity (Wildman–Crippen MR) is 113 cm³/mol. The predicted octanol–water partition coefficient (Wildman–Crippen LogP) is 5.29. The van der Waals surface area contributed by atoms with Crippen molar-refractivity contribution in [2.24, 2.45) is 5.41 Å². The number of carbonyl (C=O) groups excluding carboxylic acids is 2. The van der Waals surface area contributed by atoms with E-state index in [0.29, 0.717) is 30.7 Å². The van der Waals surface area contributed by atoms with Crippen LogP contribution in [-0.2, 0) is 25.2 Å². The fourth-order valence-corrected chi connectivity index (χ4v) is 4.37. The highest BCUT2D eigenvalue weighted by Crippen LogP contribution is 2.49. The van der Waals surface area contributed by atoms with Gasteiger partial charge in [-0.05, 0) is 31.9 Å². The summed E-state index contributed by atoms with van der Waals surface area (Å²) in [5, 5.41) is 2.26. The van der Waals surface area contributed by atoms with Gasteiger partial charge in [0.1, 0.15) is 12.4 Å². The van der Waals surface area contributed by atoms with Crippen molar-refractivity contribution in [2.45, 2.75) is 45.7 Å². The molecule has 0 saturated heterocycles. The fraction of sp³-hybridized carbons (Fsp3) is 0.478. The van der Waals surface area contributed by atoms with Crippen LogP contribution in [0.3, 0.4) is 0 Å². The first kappa shape index (κ1) is 25.2. The number of benzene rings is 1. The first-order valence-corrected chi connectivity index (χ1v) is 10.6. The number of hydrogen-bond donors (Lipinski definition) is 1. The average molecular weight is 490 g/mol. The zero-order valence-electron chi connectivity index (χ0n) is 18.6. The normalized spacial score (nSPS) is 20.5. The van der Waals surface area contributed by atoms with E-state index in [2.05, 4.69) is 5.32 Å². The van der Waals surface area contributed by atoms with Gasteiger partial charge in [0.2, 0.25) is 0 Å². The van der Waals surface area contributed by atoms with Crippen LogP contribution in [0.25, 0.3) is 0 Å². The third kappa shape index (κ3) is 4.80. The van der Waals surface area contributed by atoms with Gasteiger partial charge in [-0.3, -0.25) is 4.79 Å². The van der Waals surface area contributed by atoms with E-state index in [1.54, 1.807) is 13.8 Å². The molecule has 5 nitrogen and oxygen atoms in total. The highest BCUT2D eigenvalue weighted by Gasteiger charge is 2.46. The zero-order chi connectivity index (χ0) is 24.7. The second-order valence-corrected chi connectivity index (χ2v) is 9.10. The maximum absolute atomic E-state index is 15.3. The Labute approximate surface area is 193 Å². The SMILES string of the molecule is COCCOC(=O)C1=C(C)NC2=C(C(=O)C(C)(C)CC2)C1c1cc(C(F)(F)F)cc(Cl)c1F. The number of alkyl halides is 3. The van der Waals surface area contributed by atoms with Gasteiger partial charge in [0.05, 0.1) is 28.7 Å². The number of hydrogen-bond acceptors (Lipinski definition) is 5. The number of carbonyl (C=O) groups is 2. The van der Waals surface area contributed by atoms with Crippen molar-refractivity contribution in [1.82, 2.24) is 5.32 Å². The van der Waals surface area contributed by atoms with Gasteiger partial charge in [-0.2, -0.15) is 13.2 Å². The molecule has 0 amide bonds. The number of rotatable bonds is 5. The second-order valence-electron chi connectivity index (χ2n) is 8.69. The molecule has 0 aromatic heterocycles. The summed E-state index contributed by atoms with van der Waals surface area (Å²) in [5.74, 6) is -3.82. The van der Waals surface area contributed by atoms with Crippen molar-refractivity contribution in [3.63, 3.8) is 0 Å². The van der Waals surface area contributed by atoms with E-state index < -0.39 is 45.4 Å². The standard InChI is InChI=1S/C23H24ClF4NO4/c1-11-16(21(31)33-8-7-32-4)17(18-15(29-11)5-6-22(2,3)20(18)30)13-9-12(23(26,27)28)10-14(24)19(13)25/h9-10,17,29H,5-8H2,1-4H3. The minimum absolute atomic E-state index is 0.0461. The van der Waals surface area contributed by atoms with Crippen molar-refractivity contribution in [3.05, 3.63) is 56.6 Å². The summed E-state index contributed by atoms with van der Waals surface area (Å²) in [5.41, 5.74) is -1.93. The Morgan fingerprint density at radius 3 is 2.55 bits per heavy atom. The molecule has 1 atom stereocenters. The number of methoxy groups -OCH3 is 1. The van der Waals surface area contributed by atoms with Crippen molar-refractivity contribution < 1.29 is 36.6 Å². The Kier molecular flexibility index (Phi) is 6.96. The second kappa shape index (κ2) is 9.10. The molecule has 1 unspecified atom stereocenters. The van der Waals surface area contributed by atoms with Gasteiger partial charge in [-0.1, -0.05) is 25.4 Å². The van der Waals surface area contributed by atoms with Gasteiger partial charge < -0.3 is 14.8 Å². The summed E-state index contributed by atoms with van der Waals surface area (Å²) >= 11 is 5.84. The van der Waals surface area contributed by atoms with E-state index in [-0.39, 0.29) is 35.8 Å². The molecule has 0 saturated carbocycles. The molecule has 10 heteroatoms. The van der Waals surface area contributed by atoms with E-state index >= 15 is 4.39 Å². The summed E-state index contributed by atoms with van der Waals surface area (Å²) in [4.78, 5) is 26.4. The Balaban J connectivity index is 2.26. The number of ketones is 1.